The SMILES string of the molecule is O=C(Cc1ccccc1Cl)Nc1cc(F)ccc1Br. The highest BCUT2D eigenvalue weighted by molar-refractivity contribution is 9.10. The van der Waals surface area contributed by atoms with E-state index in [-0.39, 0.29) is 12.3 Å². The van der Waals surface area contributed by atoms with Crippen LogP contribution >= 0.6 is 27.5 Å². The van der Waals surface area contributed by atoms with Gasteiger partial charge in [-0.3, -0.25) is 4.79 Å². The van der Waals surface area contributed by atoms with Gasteiger partial charge in [-0.15, -0.1) is 0 Å². The van der Waals surface area contributed by atoms with Crippen LogP contribution in [0.4, 0.5) is 10.1 Å². The van der Waals surface area contributed by atoms with Gasteiger partial charge in [0.15, 0.2) is 0 Å². The zero-order valence-electron chi connectivity index (χ0n) is 9.79. The summed E-state index contributed by atoms with van der Waals surface area (Å²) < 4.78 is 13.7. The summed E-state index contributed by atoms with van der Waals surface area (Å²) in [6.45, 7) is 0. The van der Waals surface area contributed by atoms with Gasteiger partial charge in [0, 0.05) is 9.50 Å². The third-order valence-electron chi connectivity index (χ3n) is 2.51. The van der Waals surface area contributed by atoms with Crippen LogP contribution in [0.2, 0.25) is 5.02 Å². The largest absolute Gasteiger partial charge is 0.325 e. The second-order valence-corrected chi connectivity index (χ2v) is 5.20. The molecule has 0 heterocycles. The summed E-state index contributed by atoms with van der Waals surface area (Å²) in [4.78, 5) is 11.9. The molecule has 2 nitrogen and oxygen atoms in total. The fraction of sp³-hybridized carbons (Fsp3) is 0.0714. The van der Waals surface area contributed by atoms with Crippen molar-refractivity contribution in [2.75, 3.05) is 5.32 Å². The lowest BCUT2D eigenvalue weighted by atomic mass is 10.1. The van der Waals surface area contributed by atoms with Gasteiger partial charge in [-0.1, -0.05) is 29.8 Å². The second kappa shape index (κ2) is 6.17. The maximum atomic E-state index is 13.1. The van der Waals surface area contributed by atoms with Gasteiger partial charge in [0.2, 0.25) is 5.91 Å². The van der Waals surface area contributed by atoms with Crippen molar-refractivity contribution in [2.45, 2.75) is 6.42 Å². The number of halogens is 3. The fourth-order valence-corrected chi connectivity index (χ4v) is 2.15. The van der Waals surface area contributed by atoms with Gasteiger partial charge in [-0.05, 0) is 45.8 Å². The molecule has 1 N–H and O–H groups in total. The lowest BCUT2D eigenvalue weighted by Gasteiger charge is -2.08. The average molecular weight is 343 g/mol. The normalized spacial score (nSPS) is 10.3. The first-order valence-electron chi connectivity index (χ1n) is 5.54. The molecule has 2 rings (SSSR count). The van der Waals surface area contributed by atoms with Gasteiger partial charge in [-0.2, -0.15) is 0 Å². The van der Waals surface area contributed by atoms with E-state index in [1.54, 1.807) is 24.3 Å². The van der Waals surface area contributed by atoms with Gasteiger partial charge >= 0.3 is 0 Å². The summed E-state index contributed by atoms with van der Waals surface area (Å²) in [5.74, 6) is -0.657. The van der Waals surface area contributed by atoms with Crippen molar-refractivity contribution in [2.24, 2.45) is 0 Å². The fourth-order valence-electron chi connectivity index (χ4n) is 1.60. The van der Waals surface area contributed by atoms with Crippen LogP contribution in [0.15, 0.2) is 46.9 Å². The number of anilines is 1. The smallest absolute Gasteiger partial charge is 0.228 e. The quantitative estimate of drug-likeness (QED) is 0.879. The van der Waals surface area contributed by atoms with Crippen LogP contribution < -0.4 is 5.32 Å². The molecule has 0 spiro atoms. The maximum absolute atomic E-state index is 13.1. The number of carbonyl (C=O) groups is 1. The molecule has 2 aromatic rings. The van der Waals surface area contributed by atoms with Crippen molar-refractivity contribution in [3.63, 3.8) is 0 Å². The molecule has 0 fully saturated rings. The first-order valence-corrected chi connectivity index (χ1v) is 6.71. The third-order valence-corrected chi connectivity index (χ3v) is 3.57. The van der Waals surface area contributed by atoms with Gasteiger partial charge in [-0.25, -0.2) is 4.39 Å². The van der Waals surface area contributed by atoms with Crippen molar-refractivity contribution >= 4 is 39.1 Å². The Morgan fingerprint density at radius 1 is 1.26 bits per heavy atom. The van der Waals surface area contributed by atoms with Crippen LogP contribution in [0, 0.1) is 5.82 Å². The van der Waals surface area contributed by atoms with E-state index in [0.29, 0.717) is 15.2 Å². The van der Waals surface area contributed by atoms with E-state index in [2.05, 4.69) is 21.2 Å². The van der Waals surface area contributed by atoms with Crippen molar-refractivity contribution in [1.82, 2.24) is 0 Å². The molecule has 0 aliphatic rings. The molecule has 19 heavy (non-hydrogen) atoms. The molecule has 0 aliphatic heterocycles. The van der Waals surface area contributed by atoms with Crippen molar-refractivity contribution in [1.29, 1.82) is 0 Å². The first kappa shape index (κ1) is 14.0. The number of hydrogen-bond donors (Lipinski definition) is 1. The summed E-state index contributed by atoms with van der Waals surface area (Å²) in [6, 6.07) is 11.2. The topological polar surface area (TPSA) is 29.1 Å². The lowest BCUT2D eigenvalue weighted by Crippen LogP contribution is -2.15. The summed E-state index contributed by atoms with van der Waals surface area (Å²) >= 11 is 9.23. The second-order valence-electron chi connectivity index (χ2n) is 3.94. The van der Waals surface area contributed by atoms with Crippen LogP contribution in [0.5, 0.6) is 0 Å². The summed E-state index contributed by atoms with van der Waals surface area (Å²) in [6.07, 6.45) is 0.141. The van der Waals surface area contributed by atoms with Crippen LogP contribution in [-0.4, -0.2) is 5.91 Å². The monoisotopic (exact) mass is 341 g/mol. The molecule has 0 bridgehead atoms. The maximum Gasteiger partial charge on any atom is 0.228 e. The first-order chi connectivity index (χ1) is 9.06. The van der Waals surface area contributed by atoms with E-state index in [0.717, 1.165) is 5.56 Å². The number of nitrogens with one attached hydrogen (secondary N) is 1. The van der Waals surface area contributed by atoms with Crippen LogP contribution in [0.1, 0.15) is 5.56 Å². The Bertz CT molecular complexity index is 618. The standard InChI is InChI=1S/C14H10BrClFNO/c15-11-6-5-10(17)8-13(11)18-14(19)7-9-3-1-2-4-12(9)16/h1-6,8H,7H2,(H,18,19). The minimum Gasteiger partial charge on any atom is -0.325 e. The van der Waals surface area contributed by atoms with Gasteiger partial charge in [0.1, 0.15) is 5.82 Å². The van der Waals surface area contributed by atoms with Gasteiger partial charge in [0.25, 0.3) is 0 Å². The molecule has 2 aromatic carbocycles. The number of rotatable bonds is 3. The number of hydrogen-bond acceptors (Lipinski definition) is 1. The molecule has 0 saturated carbocycles. The zero-order valence-corrected chi connectivity index (χ0v) is 12.1. The van der Waals surface area contributed by atoms with E-state index in [1.807, 2.05) is 6.07 Å². The lowest BCUT2D eigenvalue weighted by molar-refractivity contribution is -0.115. The van der Waals surface area contributed by atoms with E-state index >= 15 is 0 Å². The molecule has 98 valence electrons. The predicted molar refractivity (Wildman–Crippen MR) is 77.9 cm³/mol. The van der Waals surface area contributed by atoms with E-state index < -0.39 is 5.82 Å². The highest BCUT2D eigenvalue weighted by atomic mass is 79.9. The van der Waals surface area contributed by atoms with Crippen LogP contribution in [0.25, 0.3) is 0 Å². The Morgan fingerprint density at radius 3 is 2.74 bits per heavy atom. The van der Waals surface area contributed by atoms with E-state index in [9.17, 15) is 9.18 Å². The number of carbonyl (C=O) groups excluding carboxylic acids is 1. The van der Waals surface area contributed by atoms with Gasteiger partial charge in [0.05, 0.1) is 12.1 Å². The Balaban J connectivity index is 2.10. The Labute approximate surface area is 123 Å². The predicted octanol–water partition coefficient (Wildman–Crippen LogP) is 4.42. The highest BCUT2D eigenvalue weighted by Crippen LogP contribution is 2.23. The minimum absolute atomic E-state index is 0.141. The van der Waals surface area contributed by atoms with Crippen molar-refractivity contribution in [3.8, 4) is 0 Å². The Morgan fingerprint density at radius 2 is 2.00 bits per heavy atom. The van der Waals surface area contributed by atoms with E-state index in [4.69, 9.17) is 11.6 Å². The molecule has 0 unspecified atom stereocenters. The molecular formula is C14H10BrClFNO. The molecular weight excluding hydrogens is 333 g/mol. The van der Waals surface area contributed by atoms with Crippen LogP contribution in [-0.2, 0) is 11.2 Å². The molecule has 0 aromatic heterocycles. The molecule has 5 heteroatoms. The zero-order chi connectivity index (χ0) is 13.8. The van der Waals surface area contributed by atoms with E-state index in [1.165, 1.54) is 12.1 Å². The molecule has 0 saturated heterocycles. The highest BCUT2D eigenvalue weighted by Gasteiger charge is 2.09. The van der Waals surface area contributed by atoms with Gasteiger partial charge < -0.3 is 5.32 Å². The number of benzene rings is 2. The molecule has 0 radical (unpaired) electrons. The third kappa shape index (κ3) is 3.78. The van der Waals surface area contributed by atoms with Crippen molar-refractivity contribution in [3.05, 3.63) is 63.3 Å². The van der Waals surface area contributed by atoms with Crippen molar-refractivity contribution < 1.29 is 9.18 Å². The van der Waals surface area contributed by atoms with Crippen LogP contribution in [0.3, 0.4) is 0 Å². The minimum atomic E-state index is -0.406. The number of amides is 1. The summed E-state index contributed by atoms with van der Waals surface area (Å²) in [5, 5.41) is 3.18. The molecule has 0 atom stereocenters. The summed E-state index contributed by atoms with van der Waals surface area (Å²) in [7, 11) is 0. The molecule has 1 amide bonds. The molecule has 0 aliphatic carbocycles. The Kier molecular flexibility index (Phi) is 4.56. The summed E-state index contributed by atoms with van der Waals surface area (Å²) in [5.41, 5.74) is 1.13. The average Bonchev–Trinajstić information content (AvgIpc) is 2.37. The Hall–Kier alpha value is -1.39.